The van der Waals surface area contributed by atoms with Crippen LogP contribution in [0.25, 0.3) is 0 Å². The standard InChI is InChI=1S/C13H17FN2O3/c1-7(2)11(12(17)18)16-13(19)15-10-5-4-9(14)6-8(10)3/h4-7,11H,1-3H3,(H,17,18)(H2,15,16,19)/t11-/m1/s1. The quantitative estimate of drug-likeness (QED) is 0.784. The molecule has 0 spiro atoms. The number of carboxylic acids is 1. The van der Waals surface area contributed by atoms with Gasteiger partial charge in [-0.15, -0.1) is 0 Å². The lowest BCUT2D eigenvalue weighted by molar-refractivity contribution is -0.140. The molecule has 3 N–H and O–H groups in total. The molecular weight excluding hydrogens is 251 g/mol. The van der Waals surface area contributed by atoms with Crippen LogP contribution in [0, 0.1) is 18.7 Å². The first kappa shape index (κ1) is 14.9. The topological polar surface area (TPSA) is 78.4 Å². The Morgan fingerprint density at radius 2 is 1.95 bits per heavy atom. The number of benzene rings is 1. The number of hydrogen-bond acceptors (Lipinski definition) is 2. The molecule has 0 saturated heterocycles. The highest BCUT2D eigenvalue weighted by Gasteiger charge is 2.23. The molecule has 2 amide bonds. The number of aryl methyl sites for hydroxylation is 1. The third kappa shape index (κ3) is 4.24. The summed E-state index contributed by atoms with van der Waals surface area (Å²) in [6.45, 7) is 5.04. The van der Waals surface area contributed by atoms with Crippen molar-refractivity contribution in [3.8, 4) is 0 Å². The molecule has 0 unspecified atom stereocenters. The molecule has 0 aromatic heterocycles. The van der Waals surface area contributed by atoms with Gasteiger partial charge in [0.25, 0.3) is 0 Å². The van der Waals surface area contributed by atoms with Crippen molar-refractivity contribution in [3.63, 3.8) is 0 Å². The number of hydrogen-bond donors (Lipinski definition) is 3. The number of nitrogens with one attached hydrogen (secondary N) is 2. The van der Waals surface area contributed by atoms with Gasteiger partial charge in [0.15, 0.2) is 0 Å². The summed E-state index contributed by atoms with van der Waals surface area (Å²) >= 11 is 0. The second kappa shape index (κ2) is 6.17. The zero-order valence-corrected chi connectivity index (χ0v) is 11.0. The number of halogens is 1. The molecule has 0 aliphatic rings. The molecule has 0 radical (unpaired) electrons. The monoisotopic (exact) mass is 268 g/mol. The van der Waals surface area contributed by atoms with Crippen molar-refractivity contribution < 1.29 is 19.1 Å². The first-order chi connectivity index (χ1) is 8.81. The van der Waals surface area contributed by atoms with Crippen molar-refractivity contribution in [2.45, 2.75) is 26.8 Å². The van der Waals surface area contributed by atoms with Crippen LogP contribution in [-0.2, 0) is 4.79 Å². The predicted octanol–water partition coefficient (Wildman–Crippen LogP) is 2.36. The zero-order chi connectivity index (χ0) is 14.6. The fourth-order valence-corrected chi connectivity index (χ4v) is 1.58. The summed E-state index contributed by atoms with van der Waals surface area (Å²) in [4.78, 5) is 22.6. The number of carboxylic acid groups (broad SMARTS) is 1. The van der Waals surface area contributed by atoms with Gasteiger partial charge in [0.2, 0.25) is 0 Å². The van der Waals surface area contributed by atoms with Crippen LogP contribution >= 0.6 is 0 Å². The molecule has 19 heavy (non-hydrogen) atoms. The van der Waals surface area contributed by atoms with Crippen LogP contribution in [0.2, 0.25) is 0 Å². The Morgan fingerprint density at radius 3 is 2.42 bits per heavy atom. The lowest BCUT2D eigenvalue weighted by Gasteiger charge is -2.18. The molecule has 0 bridgehead atoms. The number of carbonyl (C=O) groups excluding carboxylic acids is 1. The van der Waals surface area contributed by atoms with Crippen LogP contribution in [-0.4, -0.2) is 23.1 Å². The minimum Gasteiger partial charge on any atom is -0.480 e. The molecule has 0 fully saturated rings. The summed E-state index contributed by atoms with van der Waals surface area (Å²) in [6.07, 6.45) is 0. The van der Waals surface area contributed by atoms with Gasteiger partial charge in [0, 0.05) is 5.69 Å². The number of rotatable bonds is 4. The van der Waals surface area contributed by atoms with E-state index in [1.165, 1.54) is 18.2 Å². The van der Waals surface area contributed by atoms with E-state index in [9.17, 15) is 14.0 Å². The van der Waals surface area contributed by atoms with Gasteiger partial charge in [-0.1, -0.05) is 13.8 Å². The van der Waals surface area contributed by atoms with Crippen LogP contribution in [0.1, 0.15) is 19.4 Å². The van der Waals surface area contributed by atoms with Gasteiger partial charge >= 0.3 is 12.0 Å². The summed E-state index contributed by atoms with van der Waals surface area (Å²) in [5.41, 5.74) is 0.998. The van der Waals surface area contributed by atoms with E-state index in [4.69, 9.17) is 5.11 Å². The van der Waals surface area contributed by atoms with Gasteiger partial charge in [-0.2, -0.15) is 0 Å². The van der Waals surface area contributed by atoms with Gasteiger partial charge in [-0.05, 0) is 36.6 Å². The molecule has 6 heteroatoms. The Morgan fingerprint density at radius 1 is 1.32 bits per heavy atom. The van der Waals surface area contributed by atoms with Crippen molar-refractivity contribution in [3.05, 3.63) is 29.6 Å². The second-order valence-corrected chi connectivity index (χ2v) is 4.62. The molecule has 104 valence electrons. The first-order valence-electron chi connectivity index (χ1n) is 5.87. The summed E-state index contributed by atoms with van der Waals surface area (Å²) < 4.78 is 12.9. The summed E-state index contributed by atoms with van der Waals surface area (Å²) in [7, 11) is 0. The number of carbonyl (C=O) groups is 2. The highest BCUT2D eigenvalue weighted by atomic mass is 19.1. The lowest BCUT2D eigenvalue weighted by Crippen LogP contribution is -2.46. The van der Waals surface area contributed by atoms with Crippen molar-refractivity contribution >= 4 is 17.7 Å². The summed E-state index contributed by atoms with van der Waals surface area (Å²) in [5.74, 6) is -1.73. The fraction of sp³-hybridized carbons (Fsp3) is 0.385. The first-order valence-corrected chi connectivity index (χ1v) is 5.87. The third-order valence-electron chi connectivity index (χ3n) is 2.66. The molecule has 0 aliphatic heterocycles. The van der Waals surface area contributed by atoms with Crippen molar-refractivity contribution in [2.75, 3.05) is 5.32 Å². The van der Waals surface area contributed by atoms with Crippen LogP contribution in [0.5, 0.6) is 0 Å². The molecule has 0 saturated carbocycles. The smallest absolute Gasteiger partial charge is 0.326 e. The van der Waals surface area contributed by atoms with Crippen LogP contribution in [0.3, 0.4) is 0 Å². The molecule has 5 nitrogen and oxygen atoms in total. The molecule has 0 aliphatic carbocycles. The van der Waals surface area contributed by atoms with E-state index >= 15 is 0 Å². The normalized spacial score (nSPS) is 12.1. The minimum atomic E-state index is -1.10. The molecule has 1 rings (SSSR count). The van der Waals surface area contributed by atoms with Gasteiger partial charge in [0.1, 0.15) is 11.9 Å². The van der Waals surface area contributed by atoms with Gasteiger partial charge in [-0.25, -0.2) is 14.0 Å². The zero-order valence-electron chi connectivity index (χ0n) is 11.0. The van der Waals surface area contributed by atoms with Crippen molar-refractivity contribution in [2.24, 2.45) is 5.92 Å². The van der Waals surface area contributed by atoms with Crippen molar-refractivity contribution in [1.29, 1.82) is 0 Å². The maximum absolute atomic E-state index is 12.9. The predicted molar refractivity (Wildman–Crippen MR) is 69.6 cm³/mol. The maximum atomic E-state index is 12.9. The molecule has 1 aromatic carbocycles. The highest BCUT2D eigenvalue weighted by Crippen LogP contribution is 2.15. The van der Waals surface area contributed by atoms with E-state index in [0.29, 0.717) is 11.3 Å². The highest BCUT2D eigenvalue weighted by molar-refractivity contribution is 5.92. The third-order valence-corrected chi connectivity index (χ3v) is 2.66. The maximum Gasteiger partial charge on any atom is 0.326 e. The van der Waals surface area contributed by atoms with Crippen LogP contribution < -0.4 is 10.6 Å². The number of anilines is 1. The lowest BCUT2D eigenvalue weighted by atomic mass is 10.1. The van der Waals surface area contributed by atoms with Crippen LogP contribution in [0.15, 0.2) is 18.2 Å². The summed E-state index contributed by atoms with van der Waals surface area (Å²) in [6, 6.07) is 2.33. The number of amides is 2. The largest absolute Gasteiger partial charge is 0.480 e. The molecular formula is C13H17FN2O3. The minimum absolute atomic E-state index is 0.238. The number of aliphatic carboxylic acids is 1. The van der Waals surface area contributed by atoms with E-state index in [1.807, 2.05) is 0 Å². The van der Waals surface area contributed by atoms with E-state index in [2.05, 4.69) is 10.6 Å². The van der Waals surface area contributed by atoms with Crippen molar-refractivity contribution in [1.82, 2.24) is 5.32 Å². The Hall–Kier alpha value is -2.11. The average Bonchev–Trinajstić information content (AvgIpc) is 2.29. The van der Waals surface area contributed by atoms with E-state index < -0.39 is 23.9 Å². The van der Waals surface area contributed by atoms with Gasteiger partial charge < -0.3 is 15.7 Å². The average molecular weight is 268 g/mol. The molecule has 1 atom stereocenters. The van der Waals surface area contributed by atoms with E-state index in [0.717, 1.165) is 0 Å². The second-order valence-electron chi connectivity index (χ2n) is 4.62. The Balaban J connectivity index is 2.72. The Labute approximate surface area is 110 Å². The number of urea groups is 1. The fourth-order valence-electron chi connectivity index (χ4n) is 1.58. The van der Waals surface area contributed by atoms with Gasteiger partial charge in [-0.3, -0.25) is 0 Å². The van der Waals surface area contributed by atoms with Gasteiger partial charge in [0.05, 0.1) is 0 Å². The van der Waals surface area contributed by atoms with E-state index in [-0.39, 0.29) is 5.92 Å². The Bertz CT molecular complexity index is 489. The Kier molecular flexibility index (Phi) is 4.86. The van der Waals surface area contributed by atoms with E-state index in [1.54, 1.807) is 20.8 Å². The summed E-state index contributed by atoms with van der Waals surface area (Å²) in [5, 5.41) is 13.8. The SMILES string of the molecule is Cc1cc(F)ccc1NC(=O)N[C@@H](C(=O)O)C(C)C. The van der Waals surface area contributed by atoms with Crippen LogP contribution in [0.4, 0.5) is 14.9 Å². The molecule has 1 aromatic rings. The molecule has 0 heterocycles.